The number of fused-ring (bicyclic) bond motifs is 1. The van der Waals surface area contributed by atoms with Crippen molar-refractivity contribution in [3.05, 3.63) is 75.0 Å². The van der Waals surface area contributed by atoms with Crippen molar-refractivity contribution in [3.63, 3.8) is 0 Å². The van der Waals surface area contributed by atoms with E-state index in [0.29, 0.717) is 22.1 Å². The van der Waals surface area contributed by atoms with Crippen LogP contribution in [0.25, 0.3) is 0 Å². The molecule has 1 saturated carbocycles. The second kappa shape index (κ2) is 8.99. The smallest absolute Gasteiger partial charge is 0.338 e. The number of nitrogens with zero attached hydrogens (tertiary/aromatic N) is 3. The molecule has 1 fully saturated rings. The van der Waals surface area contributed by atoms with Crippen LogP contribution in [0.1, 0.15) is 37.8 Å². The third-order valence-electron chi connectivity index (χ3n) is 5.23. The number of nitrogens with one attached hydrogen (secondary N) is 1. The molecule has 0 spiro atoms. The third kappa shape index (κ3) is 4.45. The van der Waals surface area contributed by atoms with E-state index in [9.17, 15) is 19.7 Å². The van der Waals surface area contributed by atoms with E-state index in [4.69, 9.17) is 4.74 Å². The number of non-ortho nitro benzene ring substituents is 1. The highest BCUT2D eigenvalue weighted by Crippen LogP contribution is 2.45. The van der Waals surface area contributed by atoms with Crippen molar-refractivity contribution in [2.75, 3.05) is 6.61 Å². The number of carbonyl (C=O) groups excluding carboxylic acids is 2. The molecule has 0 unspecified atom stereocenters. The van der Waals surface area contributed by atoms with Gasteiger partial charge in [0, 0.05) is 23.9 Å². The zero-order valence-electron chi connectivity index (χ0n) is 17.4. The van der Waals surface area contributed by atoms with Gasteiger partial charge in [0.05, 0.1) is 28.7 Å². The van der Waals surface area contributed by atoms with E-state index in [0.717, 1.165) is 12.8 Å². The number of rotatable bonds is 8. The summed E-state index contributed by atoms with van der Waals surface area (Å²) in [5.74, 6) is -0.694. The Morgan fingerprint density at radius 3 is 2.91 bits per heavy atom. The van der Waals surface area contributed by atoms with Gasteiger partial charge in [0.2, 0.25) is 5.91 Å². The lowest BCUT2D eigenvalue weighted by Crippen LogP contribution is -2.38. The molecule has 9 nitrogen and oxygen atoms in total. The van der Waals surface area contributed by atoms with E-state index >= 15 is 0 Å². The van der Waals surface area contributed by atoms with Crippen LogP contribution in [0, 0.1) is 10.1 Å². The summed E-state index contributed by atoms with van der Waals surface area (Å²) < 4.78 is 5.31. The highest BCUT2D eigenvalue weighted by atomic mass is 32.2. The second-order valence-electron chi connectivity index (χ2n) is 7.65. The van der Waals surface area contributed by atoms with E-state index in [1.807, 2.05) is 5.41 Å². The van der Waals surface area contributed by atoms with E-state index < -0.39 is 16.9 Å². The maximum atomic E-state index is 13.0. The summed E-state index contributed by atoms with van der Waals surface area (Å²) in [5, 5.41) is 16.8. The van der Waals surface area contributed by atoms with Crippen molar-refractivity contribution in [3.8, 4) is 0 Å². The Labute approximate surface area is 189 Å². The van der Waals surface area contributed by atoms with Crippen molar-refractivity contribution < 1.29 is 19.2 Å². The molecule has 2 aliphatic heterocycles. The van der Waals surface area contributed by atoms with Gasteiger partial charge >= 0.3 is 5.97 Å². The zero-order valence-corrected chi connectivity index (χ0v) is 18.3. The highest BCUT2D eigenvalue weighted by molar-refractivity contribution is 8.16. The summed E-state index contributed by atoms with van der Waals surface area (Å²) in [6, 6.07) is 5.64. The van der Waals surface area contributed by atoms with Gasteiger partial charge in [0.15, 0.2) is 5.17 Å². The average Bonchev–Trinajstić information content (AvgIpc) is 3.50. The van der Waals surface area contributed by atoms with Crippen LogP contribution in [0.5, 0.6) is 0 Å². The van der Waals surface area contributed by atoms with Gasteiger partial charge in [-0.2, -0.15) is 0 Å². The van der Waals surface area contributed by atoms with Crippen LogP contribution in [-0.4, -0.2) is 39.5 Å². The van der Waals surface area contributed by atoms with E-state index in [2.05, 4.69) is 16.9 Å². The Hall–Kier alpha value is -3.40. The van der Waals surface area contributed by atoms with Gasteiger partial charge in [-0.05, 0) is 30.7 Å². The van der Waals surface area contributed by atoms with Crippen molar-refractivity contribution in [1.82, 2.24) is 10.2 Å². The number of nitro groups is 1. The van der Waals surface area contributed by atoms with Crippen LogP contribution in [0.15, 0.2) is 64.3 Å². The van der Waals surface area contributed by atoms with Crippen LogP contribution in [0.2, 0.25) is 0 Å². The Bertz CT molecular complexity index is 1090. The molecule has 1 atom stereocenters. The lowest BCUT2D eigenvalue weighted by atomic mass is 9.93. The first-order valence-electron chi connectivity index (χ1n) is 10.1. The zero-order chi connectivity index (χ0) is 22.8. The number of allylic oxidation sites excluding steroid dienone is 1. The minimum absolute atomic E-state index is 0.0229. The van der Waals surface area contributed by atoms with Gasteiger partial charge in [-0.25, -0.2) is 9.79 Å². The van der Waals surface area contributed by atoms with Gasteiger partial charge < -0.3 is 15.0 Å². The van der Waals surface area contributed by atoms with Gasteiger partial charge in [0.1, 0.15) is 6.61 Å². The molecule has 0 bridgehead atoms. The average molecular weight is 455 g/mol. The van der Waals surface area contributed by atoms with E-state index in [1.54, 1.807) is 24.0 Å². The second-order valence-corrected chi connectivity index (χ2v) is 8.49. The van der Waals surface area contributed by atoms with Crippen molar-refractivity contribution in [1.29, 1.82) is 0 Å². The van der Waals surface area contributed by atoms with Crippen LogP contribution in [0.4, 0.5) is 5.69 Å². The van der Waals surface area contributed by atoms with E-state index in [1.165, 1.54) is 30.0 Å². The first-order valence-corrected chi connectivity index (χ1v) is 11.0. The van der Waals surface area contributed by atoms with Crippen LogP contribution in [-0.2, 0) is 14.3 Å². The molecule has 32 heavy (non-hydrogen) atoms. The fourth-order valence-electron chi connectivity index (χ4n) is 3.64. The third-order valence-corrected chi connectivity index (χ3v) is 6.12. The van der Waals surface area contributed by atoms with Gasteiger partial charge in [-0.15, -0.1) is 0 Å². The monoisotopic (exact) mass is 454 g/mol. The molecule has 2 heterocycles. The Morgan fingerprint density at radius 2 is 2.22 bits per heavy atom. The number of hydrogen-bond acceptors (Lipinski definition) is 8. The summed E-state index contributed by atoms with van der Waals surface area (Å²) in [5.41, 5.74) is 1.85. The molecule has 0 radical (unpaired) electrons. The van der Waals surface area contributed by atoms with Gasteiger partial charge in [-0.1, -0.05) is 36.5 Å². The number of thioether (sulfide) groups is 1. The minimum Gasteiger partial charge on any atom is -0.458 e. The topological polar surface area (TPSA) is 114 Å². The molecule has 166 valence electrons. The fourth-order valence-corrected chi connectivity index (χ4v) is 4.60. The predicted molar refractivity (Wildman–Crippen MR) is 120 cm³/mol. The molecule has 1 aliphatic carbocycles. The molecule has 0 aromatic heterocycles. The molecule has 10 heteroatoms. The Balaban J connectivity index is 1.74. The Morgan fingerprint density at radius 1 is 1.44 bits per heavy atom. The predicted octanol–water partition coefficient (Wildman–Crippen LogP) is 3.57. The first-order chi connectivity index (χ1) is 15.4. The summed E-state index contributed by atoms with van der Waals surface area (Å²) >= 11 is 1.35. The lowest BCUT2D eigenvalue weighted by molar-refractivity contribution is -0.384. The normalized spacial score (nSPS) is 19.7. The number of amidine groups is 1. The standard InChI is InChI=1S/C22H22N4O5S/c1-3-9-31-21(28)19-13(2)23-22-25(17(12-32-22)11-18(27)24-15-7-8-15)20(19)14-5-4-6-16(10-14)26(29)30/h3-6,10,12,15,20H,1,7-9,11H2,2H3,(H,24,27)/t20-/m0/s1. The number of nitro benzene ring substituents is 1. The van der Waals surface area contributed by atoms with Gasteiger partial charge in [0.25, 0.3) is 5.69 Å². The van der Waals surface area contributed by atoms with Gasteiger partial charge in [-0.3, -0.25) is 14.9 Å². The SMILES string of the molecule is C=CCOC(=O)C1=C(C)N=C2SC=C(CC(=O)NC3CC3)N2[C@H]1c1cccc([N+](=O)[O-])c1. The summed E-state index contributed by atoms with van der Waals surface area (Å²) in [4.78, 5) is 42.7. The van der Waals surface area contributed by atoms with E-state index in [-0.39, 0.29) is 36.2 Å². The quantitative estimate of drug-likeness (QED) is 0.276. The molecule has 1 aromatic carbocycles. The molecule has 1 aromatic rings. The number of amides is 1. The maximum absolute atomic E-state index is 13.0. The van der Waals surface area contributed by atoms with Crippen LogP contribution >= 0.6 is 11.8 Å². The van der Waals surface area contributed by atoms with Crippen LogP contribution in [0.3, 0.4) is 0 Å². The largest absolute Gasteiger partial charge is 0.458 e. The molecule has 3 aliphatic rings. The number of carbonyl (C=O) groups is 2. The summed E-state index contributed by atoms with van der Waals surface area (Å²) in [6.45, 7) is 5.30. The first kappa shape index (κ1) is 21.8. The van der Waals surface area contributed by atoms with Crippen LogP contribution < -0.4 is 5.32 Å². The molecule has 0 saturated heterocycles. The fraction of sp³-hybridized carbons (Fsp3) is 0.318. The molecule has 4 rings (SSSR count). The highest BCUT2D eigenvalue weighted by Gasteiger charge is 2.41. The maximum Gasteiger partial charge on any atom is 0.338 e. The number of ether oxygens (including phenoxy) is 1. The Kier molecular flexibility index (Phi) is 6.13. The number of esters is 1. The molecular weight excluding hydrogens is 432 g/mol. The minimum atomic E-state index is -0.713. The molecule has 1 N–H and O–H groups in total. The lowest BCUT2D eigenvalue weighted by Gasteiger charge is -2.36. The molecular formula is C22H22N4O5S. The van der Waals surface area contributed by atoms with Crippen molar-refractivity contribution >= 4 is 34.5 Å². The number of hydrogen-bond donors (Lipinski definition) is 1. The number of benzene rings is 1. The molecule has 1 amide bonds. The summed E-state index contributed by atoms with van der Waals surface area (Å²) in [7, 11) is 0. The summed E-state index contributed by atoms with van der Waals surface area (Å²) in [6.07, 6.45) is 3.54. The number of aliphatic imine (C=N–C) groups is 1. The van der Waals surface area contributed by atoms with Crippen molar-refractivity contribution in [2.24, 2.45) is 4.99 Å². The van der Waals surface area contributed by atoms with Crippen molar-refractivity contribution in [2.45, 2.75) is 38.3 Å².